The predicted octanol–water partition coefficient (Wildman–Crippen LogP) is 2.06. The molecule has 0 atom stereocenters. The Morgan fingerprint density at radius 2 is 1.85 bits per heavy atom. The molecule has 2 aromatic rings. The van der Waals surface area contributed by atoms with E-state index in [2.05, 4.69) is 10.4 Å². The molecule has 1 N–H and O–H groups in total. The Kier molecular flexibility index (Phi) is 6.31. The van der Waals surface area contributed by atoms with Crippen LogP contribution < -0.4 is 10.9 Å². The van der Waals surface area contributed by atoms with Crippen molar-refractivity contribution >= 4 is 44.8 Å². The Balaban J connectivity index is 2.34. The van der Waals surface area contributed by atoms with Crippen LogP contribution in [0, 0.1) is 13.8 Å². The van der Waals surface area contributed by atoms with Crippen molar-refractivity contribution < 1.29 is 13.2 Å². The maximum Gasteiger partial charge on any atom is 0.287 e. The molecule has 27 heavy (non-hydrogen) atoms. The Labute approximate surface area is 166 Å². The molecule has 1 aromatic heterocycles. The average molecular weight is 433 g/mol. The highest BCUT2D eigenvalue weighted by atomic mass is 35.5. The van der Waals surface area contributed by atoms with Gasteiger partial charge in [-0.3, -0.25) is 9.59 Å². The largest absolute Gasteiger partial charge is 0.324 e. The van der Waals surface area contributed by atoms with Crippen molar-refractivity contribution in [1.29, 1.82) is 0 Å². The summed E-state index contributed by atoms with van der Waals surface area (Å²) in [5.74, 6) is -0.567. The van der Waals surface area contributed by atoms with Crippen LogP contribution in [0.2, 0.25) is 10.0 Å². The zero-order valence-electron chi connectivity index (χ0n) is 15.1. The second-order valence-electron chi connectivity index (χ2n) is 6.04. The van der Waals surface area contributed by atoms with Crippen molar-refractivity contribution in [2.24, 2.45) is 0 Å². The van der Waals surface area contributed by atoms with E-state index in [1.807, 2.05) is 0 Å². The van der Waals surface area contributed by atoms with Gasteiger partial charge in [-0.05, 0) is 31.0 Å². The summed E-state index contributed by atoms with van der Waals surface area (Å²) >= 11 is 11.5. The molecule has 0 spiro atoms. The third-order valence-corrected chi connectivity index (χ3v) is 6.50. The van der Waals surface area contributed by atoms with Crippen LogP contribution in [0.5, 0.6) is 0 Å². The number of carbonyl (C=O) groups is 1. The van der Waals surface area contributed by atoms with Gasteiger partial charge in [-0.2, -0.15) is 5.10 Å². The molecule has 1 amide bonds. The fourth-order valence-electron chi connectivity index (χ4n) is 2.33. The number of anilines is 1. The van der Waals surface area contributed by atoms with Gasteiger partial charge >= 0.3 is 0 Å². The van der Waals surface area contributed by atoms with Gasteiger partial charge in [0.2, 0.25) is 15.9 Å². The van der Waals surface area contributed by atoms with Crippen molar-refractivity contribution in [2.75, 3.05) is 19.4 Å². The SMILES string of the molecule is Cc1cc(C)c(S(=O)(=O)N(C)C)cc1NC(=O)Cn1ncc(Cl)c(Cl)c1=O. The summed E-state index contributed by atoms with van der Waals surface area (Å²) in [5.41, 5.74) is 0.851. The van der Waals surface area contributed by atoms with E-state index in [9.17, 15) is 18.0 Å². The molecule has 146 valence electrons. The lowest BCUT2D eigenvalue weighted by molar-refractivity contribution is -0.117. The first-order valence-electron chi connectivity index (χ1n) is 7.70. The number of carbonyl (C=O) groups excluding carboxylic acids is 1. The Bertz CT molecular complexity index is 1060. The number of rotatable bonds is 5. The van der Waals surface area contributed by atoms with Crippen molar-refractivity contribution in [3.8, 4) is 0 Å². The number of nitrogens with zero attached hydrogens (tertiary/aromatic N) is 3. The highest BCUT2D eigenvalue weighted by Gasteiger charge is 2.22. The van der Waals surface area contributed by atoms with E-state index in [4.69, 9.17) is 23.2 Å². The van der Waals surface area contributed by atoms with Crippen LogP contribution in [0.1, 0.15) is 11.1 Å². The standard InChI is InChI=1S/C16H18Cl2N4O4S/c1-9-5-10(2)13(27(25,26)21(3)4)6-12(9)20-14(23)8-22-16(24)15(18)11(17)7-19-22/h5-7H,8H2,1-4H3,(H,20,23). The van der Waals surface area contributed by atoms with E-state index in [1.54, 1.807) is 19.9 Å². The van der Waals surface area contributed by atoms with Gasteiger partial charge in [-0.25, -0.2) is 17.4 Å². The normalized spacial score (nSPS) is 11.7. The minimum atomic E-state index is -3.68. The number of halogens is 2. The molecule has 0 saturated heterocycles. The summed E-state index contributed by atoms with van der Waals surface area (Å²) in [5, 5.41) is 6.12. The smallest absolute Gasteiger partial charge is 0.287 e. The minimum Gasteiger partial charge on any atom is -0.324 e. The van der Waals surface area contributed by atoms with Gasteiger partial charge in [-0.1, -0.05) is 29.3 Å². The first-order valence-corrected chi connectivity index (χ1v) is 9.89. The van der Waals surface area contributed by atoms with E-state index in [0.29, 0.717) is 16.8 Å². The molecule has 0 bridgehead atoms. The predicted molar refractivity (Wildman–Crippen MR) is 104 cm³/mol. The number of benzene rings is 1. The molecule has 8 nitrogen and oxygen atoms in total. The second-order valence-corrected chi connectivity index (χ2v) is 8.94. The molecule has 0 fully saturated rings. The lowest BCUT2D eigenvalue weighted by Gasteiger charge is -2.17. The number of hydrogen-bond acceptors (Lipinski definition) is 5. The second kappa shape index (κ2) is 7.97. The number of amides is 1. The highest BCUT2D eigenvalue weighted by molar-refractivity contribution is 7.89. The summed E-state index contributed by atoms with van der Waals surface area (Å²) in [6.07, 6.45) is 1.16. The topological polar surface area (TPSA) is 101 Å². The van der Waals surface area contributed by atoms with Crippen LogP contribution >= 0.6 is 23.2 Å². The van der Waals surface area contributed by atoms with E-state index in [0.717, 1.165) is 15.2 Å². The van der Waals surface area contributed by atoms with Gasteiger partial charge in [0.25, 0.3) is 5.56 Å². The number of nitrogens with one attached hydrogen (secondary N) is 1. The number of aromatic nitrogens is 2. The highest BCUT2D eigenvalue weighted by Crippen LogP contribution is 2.26. The first-order chi connectivity index (χ1) is 12.4. The van der Waals surface area contributed by atoms with Gasteiger partial charge in [-0.15, -0.1) is 0 Å². The number of hydrogen-bond donors (Lipinski definition) is 1. The van der Waals surface area contributed by atoms with E-state index >= 15 is 0 Å². The fraction of sp³-hybridized carbons (Fsp3) is 0.312. The van der Waals surface area contributed by atoms with Gasteiger partial charge in [0.1, 0.15) is 11.6 Å². The number of sulfonamides is 1. The van der Waals surface area contributed by atoms with Crippen LogP contribution in [0.4, 0.5) is 5.69 Å². The average Bonchev–Trinajstić information content (AvgIpc) is 2.57. The summed E-state index contributed by atoms with van der Waals surface area (Å²) in [6.45, 7) is 3.01. The quantitative estimate of drug-likeness (QED) is 0.778. The van der Waals surface area contributed by atoms with Crippen molar-refractivity contribution in [3.05, 3.63) is 49.9 Å². The summed E-state index contributed by atoms with van der Waals surface area (Å²) in [4.78, 5) is 24.4. The van der Waals surface area contributed by atoms with E-state index < -0.39 is 28.0 Å². The molecular formula is C16H18Cl2N4O4S. The number of aryl methyl sites for hydroxylation is 2. The summed E-state index contributed by atoms with van der Waals surface area (Å²) < 4.78 is 26.8. The minimum absolute atomic E-state index is 0.00811. The van der Waals surface area contributed by atoms with E-state index in [-0.39, 0.29) is 14.9 Å². The van der Waals surface area contributed by atoms with Gasteiger partial charge in [0.05, 0.1) is 16.1 Å². The summed E-state index contributed by atoms with van der Waals surface area (Å²) in [6, 6.07) is 3.05. The molecular weight excluding hydrogens is 415 g/mol. The third kappa shape index (κ3) is 4.49. The maximum atomic E-state index is 12.4. The van der Waals surface area contributed by atoms with Crippen molar-refractivity contribution in [1.82, 2.24) is 14.1 Å². The molecule has 0 aliphatic heterocycles. The van der Waals surface area contributed by atoms with Gasteiger partial charge in [0, 0.05) is 19.8 Å². The molecule has 2 rings (SSSR count). The van der Waals surface area contributed by atoms with Crippen LogP contribution in [-0.4, -0.2) is 42.5 Å². The van der Waals surface area contributed by atoms with Crippen LogP contribution in [-0.2, 0) is 21.4 Å². The maximum absolute atomic E-state index is 12.4. The van der Waals surface area contributed by atoms with Crippen LogP contribution in [0.15, 0.2) is 28.0 Å². The lowest BCUT2D eigenvalue weighted by atomic mass is 10.1. The van der Waals surface area contributed by atoms with Crippen LogP contribution in [0.3, 0.4) is 0 Å². The molecule has 1 aromatic carbocycles. The molecule has 0 aliphatic rings. The first kappa shape index (κ1) is 21.4. The van der Waals surface area contributed by atoms with Crippen molar-refractivity contribution in [2.45, 2.75) is 25.3 Å². The zero-order chi connectivity index (χ0) is 20.5. The monoisotopic (exact) mass is 432 g/mol. The fourth-order valence-corrected chi connectivity index (χ4v) is 3.72. The summed E-state index contributed by atoms with van der Waals surface area (Å²) in [7, 11) is -0.825. The lowest BCUT2D eigenvalue weighted by Crippen LogP contribution is -2.30. The molecule has 0 unspecified atom stereocenters. The van der Waals surface area contributed by atoms with Gasteiger partial charge < -0.3 is 5.32 Å². The Morgan fingerprint density at radius 1 is 1.22 bits per heavy atom. The third-order valence-electron chi connectivity index (χ3n) is 3.79. The molecule has 1 heterocycles. The van der Waals surface area contributed by atoms with E-state index in [1.165, 1.54) is 20.2 Å². The van der Waals surface area contributed by atoms with Crippen molar-refractivity contribution in [3.63, 3.8) is 0 Å². The van der Waals surface area contributed by atoms with Gasteiger partial charge in [0.15, 0.2) is 0 Å². The Hall–Kier alpha value is -1.94. The Morgan fingerprint density at radius 3 is 2.44 bits per heavy atom. The molecule has 0 saturated carbocycles. The molecule has 0 aliphatic carbocycles. The zero-order valence-corrected chi connectivity index (χ0v) is 17.4. The molecule has 0 radical (unpaired) electrons. The molecule has 11 heteroatoms. The van der Waals surface area contributed by atoms with Crippen LogP contribution in [0.25, 0.3) is 0 Å².